The van der Waals surface area contributed by atoms with Crippen molar-refractivity contribution < 1.29 is 18.0 Å². The topological polar surface area (TPSA) is 67.1 Å². The van der Waals surface area contributed by atoms with Crippen LogP contribution in [0.2, 0.25) is 0 Å². The van der Waals surface area contributed by atoms with E-state index in [9.17, 15) is 18.0 Å². The Kier molecular flexibility index (Phi) is 4.15. The number of hydrogen-bond donors (Lipinski definition) is 3. The summed E-state index contributed by atoms with van der Waals surface area (Å²) in [5, 5.41) is 5.34. The summed E-state index contributed by atoms with van der Waals surface area (Å²) < 4.78 is 36.4. The van der Waals surface area contributed by atoms with Crippen molar-refractivity contribution in [3.8, 4) is 0 Å². The Labute approximate surface area is 91.8 Å². The third kappa shape index (κ3) is 3.64. The molecule has 0 spiro atoms. The monoisotopic (exact) mass is 239 g/mol. The highest BCUT2D eigenvalue weighted by Gasteiger charge is 2.42. The first-order chi connectivity index (χ1) is 7.30. The fraction of sp³-hybridized carbons (Fsp3) is 0.889. The summed E-state index contributed by atoms with van der Waals surface area (Å²) in [5.41, 5.74) is 4.79. The number of hydrogen-bond acceptors (Lipinski definition) is 3. The number of piperidine rings is 1. The Morgan fingerprint density at radius 2 is 2.12 bits per heavy atom. The van der Waals surface area contributed by atoms with Crippen molar-refractivity contribution in [2.45, 2.75) is 31.6 Å². The van der Waals surface area contributed by atoms with E-state index in [2.05, 4.69) is 10.6 Å². The minimum absolute atomic E-state index is 0.273. The Hall–Kier alpha value is -0.820. The van der Waals surface area contributed by atoms with Crippen LogP contribution in [0.3, 0.4) is 0 Å². The maximum absolute atomic E-state index is 12.1. The number of amides is 1. The van der Waals surface area contributed by atoms with Crippen molar-refractivity contribution in [2.24, 2.45) is 11.7 Å². The van der Waals surface area contributed by atoms with Gasteiger partial charge in [-0.25, -0.2) is 0 Å². The van der Waals surface area contributed by atoms with Gasteiger partial charge in [0.2, 0.25) is 5.91 Å². The van der Waals surface area contributed by atoms with Gasteiger partial charge >= 0.3 is 6.18 Å². The molecular weight excluding hydrogens is 223 g/mol. The molecule has 0 saturated carbocycles. The molecule has 1 heterocycles. The number of carbonyl (C=O) groups is 1. The third-order valence-electron chi connectivity index (χ3n) is 2.55. The smallest absolute Gasteiger partial charge is 0.350 e. The maximum atomic E-state index is 12.1. The lowest BCUT2D eigenvalue weighted by Gasteiger charge is -2.29. The van der Waals surface area contributed by atoms with Crippen molar-refractivity contribution in [2.75, 3.05) is 13.1 Å². The lowest BCUT2D eigenvalue weighted by atomic mass is 9.97. The number of halogens is 3. The highest BCUT2D eigenvalue weighted by atomic mass is 19.4. The summed E-state index contributed by atoms with van der Waals surface area (Å²) in [4.78, 5) is 11.2. The molecule has 0 aliphatic carbocycles. The van der Waals surface area contributed by atoms with Crippen LogP contribution in [-0.4, -0.2) is 37.3 Å². The second-order valence-electron chi connectivity index (χ2n) is 4.22. The van der Waals surface area contributed by atoms with Crippen LogP contribution < -0.4 is 16.4 Å². The minimum atomic E-state index is -4.68. The van der Waals surface area contributed by atoms with Gasteiger partial charge in [-0.1, -0.05) is 6.92 Å². The predicted molar refractivity (Wildman–Crippen MR) is 52.6 cm³/mol. The molecule has 16 heavy (non-hydrogen) atoms. The van der Waals surface area contributed by atoms with Gasteiger partial charge in [0.1, 0.15) is 0 Å². The van der Waals surface area contributed by atoms with Crippen LogP contribution >= 0.6 is 0 Å². The molecule has 94 valence electrons. The molecule has 7 heteroatoms. The largest absolute Gasteiger partial charge is 0.412 e. The van der Waals surface area contributed by atoms with Gasteiger partial charge in [0.25, 0.3) is 0 Å². The second kappa shape index (κ2) is 5.01. The zero-order valence-electron chi connectivity index (χ0n) is 8.97. The Morgan fingerprint density at radius 3 is 2.62 bits per heavy atom. The summed E-state index contributed by atoms with van der Waals surface area (Å²) in [6.45, 7) is 3.27. The third-order valence-corrected chi connectivity index (χ3v) is 2.55. The number of alkyl halides is 3. The lowest BCUT2D eigenvalue weighted by Crippen LogP contribution is -2.56. The molecule has 0 bridgehead atoms. The molecule has 0 radical (unpaired) electrons. The molecule has 1 fully saturated rings. The van der Waals surface area contributed by atoms with Crippen LogP contribution in [0.1, 0.15) is 13.3 Å². The Morgan fingerprint density at radius 1 is 1.50 bits per heavy atom. The number of carbonyl (C=O) groups excluding carboxylic acids is 1. The number of nitrogens with one attached hydrogen (secondary N) is 2. The van der Waals surface area contributed by atoms with E-state index in [4.69, 9.17) is 5.73 Å². The molecule has 1 saturated heterocycles. The van der Waals surface area contributed by atoms with E-state index in [1.165, 1.54) is 0 Å². The van der Waals surface area contributed by atoms with E-state index in [1.807, 2.05) is 6.92 Å². The summed E-state index contributed by atoms with van der Waals surface area (Å²) in [6, 6.07) is -2.71. The van der Waals surface area contributed by atoms with Crippen LogP contribution in [0.4, 0.5) is 13.2 Å². The van der Waals surface area contributed by atoms with Crippen LogP contribution in [0.25, 0.3) is 0 Å². The highest BCUT2D eigenvalue weighted by Crippen LogP contribution is 2.19. The first-order valence-corrected chi connectivity index (χ1v) is 5.14. The first-order valence-electron chi connectivity index (χ1n) is 5.14. The summed E-state index contributed by atoms with van der Waals surface area (Å²) in [5.74, 6) is -0.824. The standard InChI is InChI=1S/C9H16F3N3O/c1-5-2-6(4-14-3-5)15-8(16)7(13)9(10,11)12/h5-7,14H,2-4,13H2,1H3,(H,15,16)/t5-,6+,7+/m0/s1. The molecule has 1 amide bonds. The molecule has 4 nitrogen and oxygen atoms in total. The average Bonchev–Trinajstić information content (AvgIpc) is 2.15. The molecule has 0 aromatic rings. The van der Waals surface area contributed by atoms with E-state index < -0.39 is 18.1 Å². The first kappa shape index (κ1) is 13.2. The van der Waals surface area contributed by atoms with Crippen LogP contribution in [-0.2, 0) is 4.79 Å². The van der Waals surface area contributed by atoms with Crippen LogP contribution in [0, 0.1) is 5.92 Å². The summed E-state index contributed by atoms with van der Waals surface area (Å²) in [7, 11) is 0. The van der Waals surface area contributed by atoms with Crippen molar-refractivity contribution in [3.05, 3.63) is 0 Å². The highest BCUT2D eigenvalue weighted by molar-refractivity contribution is 5.82. The van der Waals surface area contributed by atoms with Gasteiger partial charge in [0.15, 0.2) is 6.04 Å². The Bertz CT molecular complexity index is 257. The second-order valence-corrected chi connectivity index (χ2v) is 4.22. The van der Waals surface area contributed by atoms with E-state index in [-0.39, 0.29) is 6.04 Å². The van der Waals surface area contributed by atoms with Gasteiger partial charge in [-0.05, 0) is 18.9 Å². The molecule has 3 atom stereocenters. The van der Waals surface area contributed by atoms with Gasteiger partial charge in [-0.3, -0.25) is 4.79 Å². The molecule has 4 N–H and O–H groups in total. The predicted octanol–water partition coefficient (Wildman–Crippen LogP) is -0.00980. The maximum Gasteiger partial charge on any atom is 0.412 e. The number of rotatable bonds is 2. The van der Waals surface area contributed by atoms with E-state index in [1.54, 1.807) is 0 Å². The molecule has 0 aromatic heterocycles. The molecule has 1 aliphatic heterocycles. The quantitative estimate of drug-likeness (QED) is 0.635. The fourth-order valence-corrected chi connectivity index (χ4v) is 1.71. The molecule has 0 aromatic carbocycles. The number of nitrogens with two attached hydrogens (primary N) is 1. The van der Waals surface area contributed by atoms with Crippen molar-refractivity contribution >= 4 is 5.91 Å². The van der Waals surface area contributed by atoms with E-state index in [0.717, 1.165) is 6.54 Å². The minimum Gasteiger partial charge on any atom is -0.350 e. The van der Waals surface area contributed by atoms with Gasteiger partial charge in [-0.15, -0.1) is 0 Å². The summed E-state index contributed by atoms with van der Waals surface area (Å²) >= 11 is 0. The fourth-order valence-electron chi connectivity index (χ4n) is 1.71. The average molecular weight is 239 g/mol. The van der Waals surface area contributed by atoms with Crippen LogP contribution in [0.5, 0.6) is 0 Å². The summed E-state index contributed by atoms with van der Waals surface area (Å²) in [6.07, 6.45) is -4.01. The van der Waals surface area contributed by atoms with Gasteiger partial charge in [0.05, 0.1) is 0 Å². The zero-order chi connectivity index (χ0) is 12.3. The zero-order valence-corrected chi connectivity index (χ0v) is 8.97. The van der Waals surface area contributed by atoms with Crippen LogP contribution in [0.15, 0.2) is 0 Å². The normalized spacial score (nSPS) is 28.6. The Balaban J connectivity index is 2.45. The van der Waals surface area contributed by atoms with Crippen molar-refractivity contribution in [1.82, 2.24) is 10.6 Å². The molecular formula is C9H16F3N3O. The van der Waals surface area contributed by atoms with E-state index >= 15 is 0 Å². The van der Waals surface area contributed by atoms with Crippen molar-refractivity contribution in [3.63, 3.8) is 0 Å². The SMILES string of the molecule is C[C@@H]1CNC[C@H](NC(=O)[C@@H](N)C(F)(F)F)C1. The molecule has 1 rings (SSSR count). The molecule has 1 aliphatic rings. The van der Waals surface area contributed by atoms with Crippen molar-refractivity contribution in [1.29, 1.82) is 0 Å². The van der Waals surface area contributed by atoms with E-state index in [0.29, 0.717) is 18.9 Å². The van der Waals surface area contributed by atoms with Gasteiger partial charge < -0.3 is 16.4 Å². The van der Waals surface area contributed by atoms with Gasteiger partial charge in [-0.2, -0.15) is 13.2 Å². The lowest BCUT2D eigenvalue weighted by molar-refractivity contribution is -0.163. The van der Waals surface area contributed by atoms with Gasteiger partial charge in [0, 0.05) is 12.6 Å². The molecule has 0 unspecified atom stereocenters.